The minimum absolute atomic E-state index is 0.0709. The van der Waals surface area contributed by atoms with Gasteiger partial charge in [0.2, 0.25) is 5.91 Å². The SMILES string of the molecule is O=C(CNc1ccc(OC(F)F)c(Cl)c1)Nc1ccc(C(F)(F)F)cc1. The lowest BCUT2D eigenvalue weighted by atomic mass is 10.2. The van der Waals surface area contributed by atoms with Crippen molar-refractivity contribution in [3.8, 4) is 5.75 Å². The Morgan fingerprint density at radius 2 is 1.69 bits per heavy atom. The number of carbonyl (C=O) groups is 1. The number of hydrogen-bond acceptors (Lipinski definition) is 3. The van der Waals surface area contributed by atoms with Gasteiger partial charge in [0.25, 0.3) is 0 Å². The smallest absolute Gasteiger partial charge is 0.416 e. The quantitative estimate of drug-likeness (QED) is 0.677. The van der Waals surface area contributed by atoms with E-state index in [2.05, 4.69) is 15.4 Å². The Labute approximate surface area is 149 Å². The molecule has 26 heavy (non-hydrogen) atoms. The van der Waals surface area contributed by atoms with Gasteiger partial charge in [0, 0.05) is 11.4 Å². The van der Waals surface area contributed by atoms with Gasteiger partial charge in [-0.15, -0.1) is 0 Å². The molecule has 0 unspecified atom stereocenters. The first-order valence-corrected chi connectivity index (χ1v) is 7.48. The number of amides is 1. The average molecular weight is 395 g/mol. The van der Waals surface area contributed by atoms with Crippen molar-refractivity contribution in [3.05, 3.63) is 53.1 Å². The van der Waals surface area contributed by atoms with Gasteiger partial charge in [0.1, 0.15) is 5.75 Å². The molecule has 0 saturated carbocycles. The zero-order chi connectivity index (χ0) is 19.3. The zero-order valence-electron chi connectivity index (χ0n) is 12.9. The van der Waals surface area contributed by atoms with Gasteiger partial charge >= 0.3 is 12.8 Å². The van der Waals surface area contributed by atoms with Gasteiger partial charge in [-0.3, -0.25) is 4.79 Å². The van der Waals surface area contributed by atoms with Crippen LogP contribution in [0.2, 0.25) is 5.02 Å². The number of halogens is 6. The van der Waals surface area contributed by atoms with Crippen molar-refractivity contribution in [2.45, 2.75) is 12.8 Å². The van der Waals surface area contributed by atoms with Crippen LogP contribution in [0.25, 0.3) is 0 Å². The first-order valence-electron chi connectivity index (χ1n) is 7.10. The summed E-state index contributed by atoms with van der Waals surface area (Å²) in [7, 11) is 0. The minimum Gasteiger partial charge on any atom is -0.433 e. The van der Waals surface area contributed by atoms with Crippen molar-refractivity contribution in [2.24, 2.45) is 0 Å². The first kappa shape index (κ1) is 19.8. The van der Waals surface area contributed by atoms with Crippen LogP contribution in [-0.2, 0) is 11.0 Å². The van der Waals surface area contributed by atoms with Crippen molar-refractivity contribution in [3.63, 3.8) is 0 Å². The highest BCUT2D eigenvalue weighted by Crippen LogP contribution is 2.30. The number of benzene rings is 2. The van der Waals surface area contributed by atoms with E-state index in [9.17, 15) is 26.7 Å². The predicted octanol–water partition coefficient (Wildman–Crippen LogP) is 5.01. The van der Waals surface area contributed by atoms with Gasteiger partial charge in [-0.2, -0.15) is 22.0 Å². The number of anilines is 2. The van der Waals surface area contributed by atoms with E-state index in [1.54, 1.807) is 0 Å². The molecule has 1 amide bonds. The van der Waals surface area contributed by atoms with E-state index in [-0.39, 0.29) is 23.0 Å². The van der Waals surface area contributed by atoms with Crippen molar-refractivity contribution < 1.29 is 31.5 Å². The van der Waals surface area contributed by atoms with E-state index in [0.29, 0.717) is 5.69 Å². The van der Waals surface area contributed by atoms with Gasteiger partial charge < -0.3 is 15.4 Å². The third-order valence-electron chi connectivity index (χ3n) is 3.10. The Morgan fingerprint density at radius 1 is 1.08 bits per heavy atom. The lowest BCUT2D eigenvalue weighted by molar-refractivity contribution is -0.137. The van der Waals surface area contributed by atoms with E-state index < -0.39 is 24.3 Å². The lowest BCUT2D eigenvalue weighted by Crippen LogP contribution is -2.21. The van der Waals surface area contributed by atoms with Gasteiger partial charge in [0.15, 0.2) is 0 Å². The van der Waals surface area contributed by atoms with E-state index >= 15 is 0 Å². The first-order chi connectivity index (χ1) is 12.1. The zero-order valence-corrected chi connectivity index (χ0v) is 13.7. The topological polar surface area (TPSA) is 50.4 Å². The fraction of sp³-hybridized carbons (Fsp3) is 0.188. The van der Waals surface area contributed by atoms with Crippen molar-refractivity contribution >= 4 is 28.9 Å². The van der Waals surface area contributed by atoms with E-state index in [1.165, 1.54) is 18.2 Å². The normalized spacial score (nSPS) is 11.3. The second-order valence-corrected chi connectivity index (χ2v) is 5.41. The molecule has 0 heterocycles. The molecule has 2 aromatic rings. The number of ether oxygens (including phenoxy) is 1. The largest absolute Gasteiger partial charge is 0.433 e. The molecule has 0 fully saturated rings. The maximum absolute atomic E-state index is 12.5. The Hall–Kier alpha value is -2.55. The summed E-state index contributed by atoms with van der Waals surface area (Å²) in [6.45, 7) is -3.23. The van der Waals surface area contributed by atoms with Gasteiger partial charge in [-0.1, -0.05) is 11.6 Å². The summed E-state index contributed by atoms with van der Waals surface area (Å²) >= 11 is 5.78. The highest BCUT2D eigenvalue weighted by Gasteiger charge is 2.29. The summed E-state index contributed by atoms with van der Waals surface area (Å²) in [6.07, 6.45) is -4.45. The molecule has 2 aromatic carbocycles. The number of hydrogen-bond donors (Lipinski definition) is 2. The summed E-state index contributed by atoms with van der Waals surface area (Å²) in [4.78, 5) is 11.8. The number of rotatable bonds is 6. The van der Waals surface area contributed by atoms with Crippen LogP contribution in [0, 0.1) is 0 Å². The maximum atomic E-state index is 12.5. The van der Waals surface area contributed by atoms with Crippen molar-refractivity contribution in [1.29, 1.82) is 0 Å². The molecule has 0 atom stereocenters. The standard InChI is InChI=1S/C16H12ClF5N2O2/c17-12-7-11(5-6-13(12)26-15(18)19)23-8-14(25)24-10-3-1-9(2-4-10)16(20,21)22/h1-7,15,23H,8H2,(H,24,25). The Balaban J connectivity index is 1.89. The summed E-state index contributed by atoms with van der Waals surface area (Å²) in [6, 6.07) is 7.86. The molecule has 140 valence electrons. The highest BCUT2D eigenvalue weighted by molar-refractivity contribution is 6.32. The van der Waals surface area contributed by atoms with Crippen LogP contribution < -0.4 is 15.4 Å². The molecule has 0 bridgehead atoms. The molecule has 10 heteroatoms. The van der Waals surface area contributed by atoms with E-state index in [0.717, 1.165) is 24.3 Å². The third-order valence-corrected chi connectivity index (χ3v) is 3.39. The van der Waals surface area contributed by atoms with Crippen molar-refractivity contribution in [1.82, 2.24) is 0 Å². The molecular formula is C16H12ClF5N2O2. The summed E-state index contributed by atoms with van der Waals surface area (Å²) in [5.74, 6) is -0.727. The molecule has 0 aliphatic carbocycles. The molecule has 0 radical (unpaired) electrons. The number of carbonyl (C=O) groups excluding carboxylic acids is 1. The Kier molecular flexibility index (Phi) is 6.25. The molecular weight excluding hydrogens is 383 g/mol. The fourth-order valence-corrected chi connectivity index (χ4v) is 2.16. The summed E-state index contributed by atoms with van der Waals surface area (Å²) < 4.78 is 65.9. The molecule has 0 aliphatic rings. The number of nitrogens with one attached hydrogen (secondary N) is 2. The van der Waals surface area contributed by atoms with Crippen LogP contribution in [0.5, 0.6) is 5.75 Å². The molecule has 0 aliphatic heterocycles. The van der Waals surface area contributed by atoms with Crippen LogP contribution in [0.15, 0.2) is 42.5 Å². The third kappa shape index (κ3) is 5.76. The van der Waals surface area contributed by atoms with Gasteiger partial charge in [-0.25, -0.2) is 0 Å². The highest BCUT2D eigenvalue weighted by atomic mass is 35.5. The maximum Gasteiger partial charge on any atom is 0.416 e. The summed E-state index contributed by atoms with van der Waals surface area (Å²) in [5.41, 5.74) is -0.253. The lowest BCUT2D eigenvalue weighted by Gasteiger charge is -2.11. The monoisotopic (exact) mass is 394 g/mol. The van der Waals surface area contributed by atoms with E-state index in [4.69, 9.17) is 11.6 Å². The predicted molar refractivity (Wildman–Crippen MR) is 86.6 cm³/mol. The minimum atomic E-state index is -4.45. The second kappa shape index (κ2) is 8.22. The second-order valence-electron chi connectivity index (χ2n) is 5.00. The molecule has 2 N–H and O–H groups in total. The van der Waals surface area contributed by atoms with Gasteiger partial charge in [-0.05, 0) is 42.5 Å². The van der Waals surface area contributed by atoms with Crippen LogP contribution in [0.3, 0.4) is 0 Å². The molecule has 0 saturated heterocycles. The molecule has 0 spiro atoms. The van der Waals surface area contributed by atoms with Crippen molar-refractivity contribution in [2.75, 3.05) is 17.2 Å². The Morgan fingerprint density at radius 3 is 2.23 bits per heavy atom. The number of alkyl halides is 5. The van der Waals surface area contributed by atoms with Gasteiger partial charge in [0.05, 0.1) is 17.1 Å². The van der Waals surface area contributed by atoms with Crippen LogP contribution in [-0.4, -0.2) is 19.1 Å². The molecule has 2 rings (SSSR count). The van der Waals surface area contributed by atoms with Crippen LogP contribution in [0.1, 0.15) is 5.56 Å². The van der Waals surface area contributed by atoms with E-state index in [1.807, 2.05) is 0 Å². The molecule has 4 nitrogen and oxygen atoms in total. The average Bonchev–Trinajstić information content (AvgIpc) is 2.54. The van der Waals surface area contributed by atoms with Crippen LogP contribution >= 0.6 is 11.6 Å². The fourth-order valence-electron chi connectivity index (χ4n) is 1.93. The molecule has 0 aromatic heterocycles. The summed E-state index contributed by atoms with van der Waals surface area (Å²) in [5, 5.41) is 5.05. The van der Waals surface area contributed by atoms with Crippen LogP contribution in [0.4, 0.5) is 33.3 Å². The Bertz CT molecular complexity index is 766.